The van der Waals surface area contributed by atoms with Crippen molar-refractivity contribution in [2.45, 2.75) is 12.6 Å². The fraction of sp³-hybridized carbons (Fsp3) is 0.286. The summed E-state index contributed by atoms with van der Waals surface area (Å²) in [6, 6.07) is 17.2. The first-order valence-corrected chi connectivity index (χ1v) is 9.41. The van der Waals surface area contributed by atoms with Crippen LogP contribution < -0.4 is 15.6 Å². The molecule has 0 aliphatic carbocycles. The van der Waals surface area contributed by atoms with Crippen molar-refractivity contribution in [3.8, 4) is 17.1 Å². The van der Waals surface area contributed by atoms with E-state index in [9.17, 15) is 4.79 Å². The zero-order valence-electron chi connectivity index (χ0n) is 16.3. The molecule has 1 amide bonds. The number of amides is 1. The Morgan fingerprint density at radius 1 is 1.24 bits per heavy atom. The summed E-state index contributed by atoms with van der Waals surface area (Å²) >= 11 is 0. The minimum atomic E-state index is -0.261. The predicted octanol–water partition coefficient (Wildman–Crippen LogP) is 2.17. The molecule has 0 radical (unpaired) electrons. The molecular weight excluding hydrogens is 370 g/mol. The lowest BCUT2D eigenvalue weighted by molar-refractivity contribution is -0.135. The number of hydrogen-bond acceptors (Lipinski definition) is 7. The van der Waals surface area contributed by atoms with Gasteiger partial charge in [-0.05, 0) is 17.7 Å². The maximum absolute atomic E-state index is 13.1. The zero-order chi connectivity index (χ0) is 20.2. The van der Waals surface area contributed by atoms with Crippen LogP contribution >= 0.6 is 0 Å². The van der Waals surface area contributed by atoms with Crippen LogP contribution in [0.3, 0.4) is 0 Å². The smallest absolute Gasteiger partial charge is 0.246 e. The molecule has 0 saturated carbocycles. The van der Waals surface area contributed by atoms with E-state index in [1.54, 1.807) is 19.1 Å². The Balaban J connectivity index is 1.45. The number of methoxy groups -OCH3 is 1. The third-order valence-corrected chi connectivity index (χ3v) is 5.00. The molecule has 3 aromatic rings. The zero-order valence-corrected chi connectivity index (χ0v) is 16.3. The molecule has 150 valence electrons. The van der Waals surface area contributed by atoms with Gasteiger partial charge in [-0.2, -0.15) is 4.98 Å². The Labute approximate surface area is 168 Å². The van der Waals surface area contributed by atoms with Gasteiger partial charge in [0, 0.05) is 19.2 Å². The summed E-state index contributed by atoms with van der Waals surface area (Å²) in [5, 5.41) is 4.02. The van der Waals surface area contributed by atoms with Crippen LogP contribution in [0.2, 0.25) is 0 Å². The molecule has 29 heavy (non-hydrogen) atoms. The topological polar surface area (TPSA) is 92.5 Å². The third-order valence-electron chi connectivity index (χ3n) is 5.00. The van der Waals surface area contributed by atoms with Crippen molar-refractivity contribution >= 4 is 5.91 Å². The Morgan fingerprint density at radius 2 is 2.07 bits per heavy atom. The van der Waals surface area contributed by atoms with E-state index in [1.807, 2.05) is 54.6 Å². The van der Waals surface area contributed by atoms with Crippen molar-refractivity contribution < 1.29 is 14.1 Å². The largest absolute Gasteiger partial charge is 0.497 e. The van der Waals surface area contributed by atoms with Crippen LogP contribution in [0.25, 0.3) is 11.4 Å². The van der Waals surface area contributed by atoms with Gasteiger partial charge in [0.2, 0.25) is 17.6 Å². The average molecular weight is 393 g/mol. The monoisotopic (exact) mass is 393 g/mol. The molecular formula is C21H23N5O3. The minimum Gasteiger partial charge on any atom is -0.497 e. The fourth-order valence-electron chi connectivity index (χ4n) is 3.47. The number of hydrazine groups is 1. The van der Waals surface area contributed by atoms with E-state index in [4.69, 9.17) is 9.26 Å². The van der Waals surface area contributed by atoms with Crippen molar-refractivity contribution in [1.82, 2.24) is 25.9 Å². The molecule has 1 aliphatic heterocycles. The Morgan fingerprint density at radius 3 is 2.86 bits per heavy atom. The maximum atomic E-state index is 13.1. The summed E-state index contributed by atoms with van der Waals surface area (Å²) in [7, 11) is 3.37. The molecule has 2 atom stereocenters. The van der Waals surface area contributed by atoms with Gasteiger partial charge >= 0.3 is 0 Å². The molecule has 1 saturated heterocycles. The lowest BCUT2D eigenvalue weighted by Crippen LogP contribution is -2.36. The lowest BCUT2D eigenvalue weighted by atomic mass is 9.93. The number of rotatable bonds is 6. The quantitative estimate of drug-likeness (QED) is 0.663. The van der Waals surface area contributed by atoms with E-state index >= 15 is 0 Å². The van der Waals surface area contributed by atoms with Crippen LogP contribution in [0.4, 0.5) is 0 Å². The minimum absolute atomic E-state index is 0.00483. The van der Waals surface area contributed by atoms with Gasteiger partial charge in [-0.15, -0.1) is 0 Å². The molecule has 4 rings (SSSR count). The van der Waals surface area contributed by atoms with E-state index in [-0.39, 0.29) is 24.4 Å². The second kappa shape index (κ2) is 8.42. The molecule has 2 unspecified atom stereocenters. The van der Waals surface area contributed by atoms with Gasteiger partial charge in [0.1, 0.15) is 5.75 Å². The molecule has 1 aliphatic rings. The summed E-state index contributed by atoms with van der Waals surface area (Å²) in [4.78, 5) is 19.1. The standard InChI is InChI=1S/C21H23N5O3/c1-26(13-18-23-20(25-29-18)14-7-4-3-5-8-14)21(27)17-12-22-24-19(17)15-9-6-10-16(11-15)28-2/h3-11,17,19,22,24H,12-13H2,1-2H3. The number of nitrogens with zero attached hydrogens (tertiary/aromatic N) is 3. The summed E-state index contributed by atoms with van der Waals surface area (Å²) in [6.07, 6.45) is 0. The second-order valence-electron chi connectivity index (χ2n) is 6.96. The number of carbonyl (C=O) groups is 1. The molecule has 1 fully saturated rings. The molecule has 1 aromatic heterocycles. The summed E-state index contributed by atoms with van der Waals surface area (Å²) < 4.78 is 10.6. The van der Waals surface area contributed by atoms with E-state index in [1.165, 1.54) is 0 Å². The number of carbonyl (C=O) groups excluding carboxylic acids is 1. The van der Waals surface area contributed by atoms with Crippen molar-refractivity contribution in [3.63, 3.8) is 0 Å². The van der Waals surface area contributed by atoms with Crippen molar-refractivity contribution in [3.05, 3.63) is 66.1 Å². The van der Waals surface area contributed by atoms with E-state index in [0.717, 1.165) is 16.9 Å². The average Bonchev–Trinajstić information content (AvgIpc) is 3.44. The normalized spacial score (nSPS) is 18.6. The molecule has 2 N–H and O–H groups in total. The number of aromatic nitrogens is 2. The summed E-state index contributed by atoms with van der Waals surface area (Å²) in [5.74, 6) is 1.41. The molecule has 8 heteroatoms. The number of benzene rings is 2. The van der Waals surface area contributed by atoms with Gasteiger partial charge in [0.05, 0.1) is 25.6 Å². The molecule has 8 nitrogen and oxygen atoms in total. The molecule has 2 heterocycles. The SMILES string of the molecule is COc1cccc(C2NNCC2C(=O)N(C)Cc2nc(-c3ccccc3)no2)c1. The number of ether oxygens (including phenoxy) is 1. The number of hydrogen-bond donors (Lipinski definition) is 2. The maximum Gasteiger partial charge on any atom is 0.246 e. The number of nitrogens with one attached hydrogen (secondary N) is 2. The van der Waals surface area contributed by atoms with Gasteiger partial charge < -0.3 is 14.2 Å². The second-order valence-corrected chi connectivity index (χ2v) is 6.96. The van der Waals surface area contributed by atoms with E-state index < -0.39 is 0 Å². The molecule has 0 spiro atoms. The molecule has 2 aromatic carbocycles. The van der Waals surface area contributed by atoms with Gasteiger partial charge in [0.15, 0.2) is 0 Å². The van der Waals surface area contributed by atoms with E-state index in [2.05, 4.69) is 21.0 Å². The van der Waals surface area contributed by atoms with Gasteiger partial charge in [0.25, 0.3) is 0 Å². The van der Waals surface area contributed by atoms with Crippen LogP contribution in [-0.2, 0) is 11.3 Å². The molecule has 0 bridgehead atoms. The highest BCUT2D eigenvalue weighted by Gasteiger charge is 2.36. The van der Waals surface area contributed by atoms with Crippen LogP contribution in [0.5, 0.6) is 5.75 Å². The van der Waals surface area contributed by atoms with Crippen molar-refractivity contribution in [2.24, 2.45) is 5.92 Å². The highest BCUT2D eigenvalue weighted by Crippen LogP contribution is 2.29. The van der Waals surface area contributed by atoms with E-state index in [0.29, 0.717) is 18.3 Å². The Kier molecular flexibility index (Phi) is 5.55. The highest BCUT2D eigenvalue weighted by atomic mass is 16.5. The van der Waals surface area contributed by atoms with Gasteiger partial charge in [-0.1, -0.05) is 47.6 Å². The van der Waals surface area contributed by atoms with Crippen LogP contribution in [-0.4, -0.2) is 41.6 Å². The van der Waals surface area contributed by atoms with Crippen molar-refractivity contribution in [1.29, 1.82) is 0 Å². The van der Waals surface area contributed by atoms with Crippen molar-refractivity contribution in [2.75, 3.05) is 20.7 Å². The van der Waals surface area contributed by atoms with Crippen LogP contribution in [0, 0.1) is 5.92 Å². The lowest BCUT2D eigenvalue weighted by Gasteiger charge is -2.23. The predicted molar refractivity (Wildman–Crippen MR) is 107 cm³/mol. The third kappa shape index (κ3) is 4.13. The highest BCUT2D eigenvalue weighted by molar-refractivity contribution is 5.80. The van der Waals surface area contributed by atoms with Gasteiger partial charge in [-0.25, -0.2) is 5.43 Å². The Hall–Kier alpha value is -3.23. The first-order valence-electron chi connectivity index (χ1n) is 9.41. The fourth-order valence-corrected chi connectivity index (χ4v) is 3.47. The summed E-state index contributed by atoms with van der Waals surface area (Å²) in [6.45, 7) is 0.782. The van der Waals surface area contributed by atoms with Crippen LogP contribution in [0.1, 0.15) is 17.5 Å². The van der Waals surface area contributed by atoms with Gasteiger partial charge in [-0.3, -0.25) is 10.2 Å². The Bertz CT molecular complexity index is 975. The van der Waals surface area contributed by atoms with Crippen LogP contribution in [0.15, 0.2) is 59.1 Å². The summed E-state index contributed by atoms with van der Waals surface area (Å²) in [5.41, 5.74) is 8.15. The first-order chi connectivity index (χ1) is 14.2. The first kappa shape index (κ1) is 19.1.